The first kappa shape index (κ1) is 15.4. The Morgan fingerprint density at radius 3 is 2.61 bits per heavy atom. The molecule has 0 fully saturated rings. The van der Waals surface area contributed by atoms with Crippen LogP contribution < -0.4 is 10.7 Å². The van der Waals surface area contributed by atoms with Crippen molar-refractivity contribution in [2.45, 2.75) is 4.87 Å². The van der Waals surface area contributed by atoms with Gasteiger partial charge in [-0.15, -0.1) is 0 Å². The van der Waals surface area contributed by atoms with E-state index >= 15 is 0 Å². The Labute approximate surface area is 136 Å². The molecule has 0 bridgehead atoms. The SMILES string of the molecule is O=C(O)NCC1(c2ccccc2)NN=C(c2ccccc2F)S1. The maximum absolute atomic E-state index is 14.0. The molecule has 2 aromatic carbocycles. The molecule has 0 saturated heterocycles. The van der Waals surface area contributed by atoms with E-state index in [4.69, 9.17) is 5.11 Å². The van der Waals surface area contributed by atoms with E-state index < -0.39 is 11.0 Å². The van der Waals surface area contributed by atoms with Crippen molar-refractivity contribution >= 4 is 22.9 Å². The second-order valence-corrected chi connectivity index (χ2v) is 6.25. The van der Waals surface area contributed by atoms with Gasteiger partial charge in [-0.05, 0) is 17.7 Å². The van der Waals surface area contributed by atoms with Crippen LogP contribution in [0.25, 0.3) is 0 Å². The lowest BCUT2D eigenvalue weighted by atomic mass is 10.1. The number of carbonyl (C=O) groups is 1. The molecule has 118 valence electrons. The van der Waals surface area contributed by atoms with Gasteiger partial charge in [0.2, 0.25) is 0 Å². The molecule has 0 spiro atoms. The number of halogens is 1. The summed E-state index contributed by atoms with van der Waals surface area (Å²) >= 11 is 1.29. The smallest absolute Gasteiger partial charge is 0.404 e. The summed E-state index contributed by atoms with van der Waals surface area (Å²) in [5.41, 5.74) is 4.22. The molecule has 3 rings (SSSR count). The molecule has 2 aromatic rings. The summed E-state index contributed by atoms with van der Waals surface area (Å²) < 4.78 is 14.0. The summed E-state index contributed by atoms with van der Waals surface area (Å²) in [5, 5.41) is 16.0. The molecular formula is C16H14FN3O2S. The van der Waals surface area contributed by atoms with Crippen molar-refractivity contribution < 1.29 is 14.3 Å². The number of benzene rings is 2. The lowest BCUT2D eigenvalue weighted by molar-refractivity contribution is 0.192. The second kappa shape index (κ2) is 6.29. The highest BCUT2D eigenvalue weighted by Crippen LogP contribution is 2.40. The molecule has 0 aliphatic carbocycles. The number of thioether (sulfide) groups is 1. The zero-order chi connectivity index (χ0) is 16.3. The van der Waals surface area contributed by atoms with E-state index in [1.54, 1.807) is 18.2 Å². The van der Waals surface area contributed by atoms with Crippen LogP contribution in [0, 0.1) is 5.82 Å². The standard InChI is InChI=1S/C16H14FN3O2S/c17-13-9-5-4-8-12(13)14-19-20-16(23-14,10-18-15(21)22)11-6-2-1-3-7-11/h1-9,18,20H,10H2,(H,21,22). The van der Waals surface area contributed by atoms with E-state index in [1.807, 2.05) is 30.3 Å². The van der Waals surface area contributed by atoms with E-state index in [0.29, 0.717) is 10.6 Å². The molecule has 0 radical (unpaired) electrons. The quantitative estimate of drug-likeness (QED) is 0.805. The van der Waals surface area contributed by atoms with Crippen LogP contribution in [-0.2, 0) is 4.87 Å². The molecule has 7 heteroatoms. The number of amides is 1. The normalized spacial score (nSPS) is 19.8. The van der Waals surface area contributed by atoms with Crippen LogP contribution in [0.2, 0.25) is 0 Å². The van der Waals surface area contributed by atoms with Crippen molar-refractivity contribution in [3.8, 4) is 0 Å². The fraction of sp³-hybridized carbons (Fsp3) is 0.125. The Kier molecular flexibility index (Phi) is 4.20. The lowest BCUT2D eigenvalue weighted by Crippen LogP contribution is -2.44. The highest BCUT2D eigenvalue weighted by atomic mass is 32.2. The first-order valence-corrected chi connectivity index (χ1v) is 7.73. The number of hydrogen-bond acceptors (Lipinski definition) is 4. The van der Waals surface area contributed by atoms with Gasteiger partial charge in [-0.25, -0.2) is 9.18 Å². The summed E-state index contributed by atoms with van der Waals surface area (Å²) in [6.45, 7) is 0.0957. The molecule has 23 heavy (non-hydrogen) atoms. The van der Waals surface area contributed by atoms with Crippen molar-refractivity contribution in [1.29, 1.82) is 0 Å². The topological polar surface area (TPSA) is 73.7 Å². The third-order valence-electron chi connectivity index (χ3n) is 3.44. The Hall–Kier alpha value is -2.54. The molecule has 1 aliphatic rings. The molecule has 0 saturated carbocycles. The minimum absolute atomic E-state index is 0.0957. The molecule has 1 unspecified atom stereocenters. The van der Waals surface area contributed by atoms with Crippen LogP contribution in [-0.4, -0.2) is 22.8 Å². The van der Waals surface area contributed by atoms with E-state index in [9.17, 15) is 9.18 Å². The predicted octanol–water partition coefficient (Wildman–Crippen LogP) is 2.94. The third kappa shape index (κ3) is 3.14. The number of carboxylic acid groups (broad SMARTS) is 1. The van der Waals surface area contributed by atoms with E-state index in [2.05, 4.69) is 15.8 Å². The molecule has 5 nitrogen and oxygen atoms in total. The summed E-state index contributed by atoms with van der Waals surface area (Å²) in [6.07, 6.45) is -1.12. The number of nitrogens with zero attached hydrogens (tertiary/aromatic N) is 1. The largest absolute Gasteiger partial charge is 0.465 e. The highest BCUT2D eigenvalue weighted by molar-refractivity contribution is 8.15. The van der Waals surface area contributed by atoms with Gasteiger partial charge in [0, 0.05) is 5.56 Å². The van der Waals surface area contributed by atoms with Crippen molar-refractivity contribution in [3.05, 3.63) is 71.5 Å². The molecule has 1 aliphatic heterocycles. The second-order valence-electron chi connectivity index (χ2n) is 4.96. The van der Waals surface area contributed by atoms with Gasteiger partial charge in [0.15, 0.2) is 0 Å². The van der Waals surface area contributed by atoms with Crippen LogP contribution >= 0.6 is 11.8 Å². The zero-order valence-electron chi connectivity index (χ0n) is 12.0. The minimum atomic E-state index is -1.12. The zero-order valence-corrected chi connectivity index (χ0v) is 12.8. The van der Waals surface area contributed by atoms with E-state index in [0.717, 1.165) is 5.56 Å². The average molecular weight is 331 g/mol. The van der Waals surface area contributed by atoms with Gasteiger partial charge in [-0.3, -0.25) is 5.43 Å². The lowest BCUT2D eigenvalue weighted by Gasteiger charge is -2.28. The van der Waals surface area contributed by atoms with Crippen LogP contribution in [0.15, 0.2) is 59.7 Å². The number of nitrogens with one attached hydrogen (secondary N) is 2. The van der Waals surface area contributed by atoms with Gasteiger partial charge >= 0.3 is 6.09 Å². The number of rotatable bonds is 4. The minimum Gasteiger partial charge on any atom is -0.465 e. The van der Waals surface area contributed by atoms with Crippen molar-refractivity contribution in [2.75, 3.05) is 6.54 Å². The Balaban J connectivity index is 1.91. The molecular weight excluding hydrogens is 317 g/mol. The predicted molar refractivity (Wildman–Crippen MR) is 87.8 cm³/mol. The fourth-order valence-corrected chi connectivity index (χ4v) is 3.50. The maximum atomic E-state index is 14.0. The Morgan fingerprint density at radius 1 is 1.22 bits per heavy atom. The van der Waals surface area contributed by atoms with Crippen molar-refractivity contribution in [3.63, 3.8) is 0 Å². The van der Waals surface area contributed by atoms with E-state index in [1.165, 1.54) is 17.8 Å². The average Bonchev–Trinajstić information content (AvgIpc) is 3.00. The molecule has 1 atom stereocenters. The van der Waals surface area contributed by atoms with Crippen molar-refractivity contribution in [2.24, 2.45) is 5.10 Å². The van der Waals surface area contributed by atoms with Crippen LogP contribution in [0.4, 0.5) is 9.18 Å². The van der Waals surface area contributed by atoms with Gasteiger partial charge in [-0.1, -0.05) is 54.2 Å². The van der Waals surface area contributed by atoms with Gasteiger partial charge in [0.05, 0.1) is 6.54 Å². The molecule has 3 N–H and O–H groups in total. The summed E-state index contributed by atoms with van der Waals surface area (Å²) in [5.74, 6) is -0.365. The van der Waals surface area contributed by atoms with E-state index in [-0.39, 0.29) is 12.4 Å². The highest BCUT2D eigenvalue weighted by Gasteiger charge is 2.40. The maximum Gasteiger partial charge on any atom is 0.404 e. The van der Waals surface area contributed by atoms with Gasteiger partial charge < -0.3 is 10.4 Å². The Bertz CT molecular complexity index is 754. The van der Waals surface area contributed by atoms with Crippen molar-refractivity contribution in [1.82, 2.24) is 10.7 Å². The Morgan fingerprint density at radius 2 is 1.91 bits per heavy atom. The van der Waals surface area contributed by atoms with Crippen LogP contribution in [0.1, 0.15) is 11.1 Å². The molecule has 1 heterocycles. The summed E-state index contributed by atoms with van der Waals surface area (Å²) in [6, 6.07) is 15.7. The van der Waals surface area contributed by atoms with Gasteiger partial charge in [0.1, 0.15) is 15.7 Å². The summed E-state index contributed by atoms with van der Waals surface area (Å²) in [7, 11) is 0. The van der Waals surface area contributed by atoms with Gasteiger partial charge in [-0.2, -0.15) is 5.10 Å². The summed E-state index contributed by atoms with van der Waals surface area (Å²) in [4.78, 5) is 10.1. The first-order chi connectivity index (χ1) is 11.1. The van der Waals surface area contributed by atoms with Crippen LogP contribution in [0.5, 0.6) is 0 Å². The number of hydrogen-bond donors (Lipinski definition) is 3. The fourth-order valence-electron chi connectivity index (χ4n) is 2.31. The molecule has 1 amide bonds. The van der Waals surface area contributed by atoms with Gasteiger partial charge in [0.25, 0.3) is 0 Å². The third-order valence-corrected chi connectivity index (χ3v) is 4.77. The molecule has 0 aromatic heterocycles. The monoisotopic (exact) mass is 331 g/mol. The number of hydrazone groups is 1. The van der Waals surface area contributed by atoms with Crippen LogP contribution in [0.3, 0.4) is 0 Å². The first-order valence-electron chi connectivity index (χ1n) is 6.92.